The second kappa shape index (κ2) is 5.14. The molecule has 2 rings (SSSR count). The number of carboxylic acid groups (broad SMARTS) is 1. The van der Waals surface area contributed by atoms with Gasteiger partial charge >= 0.3 is 5.97 Å². The Morgan fingerprint density at radius 3 is 2.83 bits per heavy atom. The van der Waals surface area contributed by atoms with E-state index in [1.54, 1.807) is 19.2 Å². The third-order valence-corrected chi connectivity index (χ3v) is 3.10. The van der Waals surface area contributed by atoms with Crippen LogP contribution in [0.5, 0.6) is 0 Å². The third-order valence-electron chi connectivity index (χ3n) is 2.16. The van der Waals surface area contributed by atoms with Gasteiger partial charge in [0.25, 0.3) is 0 Å². The minimum absolute atomic E-state index is 0.285. The molecule has 4 nitrogen and oxygen atoms in total. The number of aromatic nitrogens is 2. The zero-order valence-corrected chi connectivity index (χ0v) is 10.2. The van der Waals surface area contributed by atoms with E-state index in [9.17, 15) is 9.18 Å². The molecule has 0 unspecified atom stereocenters. The lowest BCUT2D eigenvalue weighted by Crippen LogP contribution is -2.03. The highest BCUT2D eigenvalue weighted by atomic mass is 32.2. The number of nitrogens with zero attached hydrogens (tertiary/aromatic N) is 2. The molecule has 0 saturated carbocycles. The normalized spacial score (nSPS) is 10.3. The Hall–Kier alpha value is -1.95. The van der Waals surface area contributed by atoms with E-state index in [-0.39, 0.29) is 10.5 Å². The Bertz CT molecular complexity index is 604. The molecule has 1 aromatic heterocycles. The molecule has 0 spiro atoms. The van der Waals surface area contributed by atoms with Gasteiger partial charge in [-0.2, -0.15) is 0 Å². The van der Waals surface area contributed by atoms with Crippen LogP contribution < -0.4 is 0 Å². The molecule has 0 atom stereocenters. The van der Waals surface area contributed by atoms with Gasteiger partial charge in [0.05, 0.1) is 0 Å². The molecule has 0 fully saturated rings. The summed E-state index contributed by atoms with van der Waals surface area (Å²) in [5.41, 5.74) is 0.411. The third kappa shape index (κ3) is 2.65. The van der Waals surface area contributed by atoms with Crippen LogP contribution in [0.4, 0.5) is 4.39 Å². The number of aryl methyl sites for hydroxylation is 1. The fourth-order valence-corrected chi connectivity index (χ4v) is 2.30. The Morgan fingerprint density at radius 1 is 1.39 bits per heavy atom. The van der Waals surface area contributed by atoms with Crippen molar-refractivity contribution in [3.63, 3.8) is 0 Å². The van der Waals surface area contributed by atoms with Crippen molar-refractivity contribution in [2.75, 3.05) is 0 Å². The lowest BCUT2D eigenvalue weighted by Gasteiger charge is -2.05. The van der Waals surface area contributed by atoms with E-state index in [0.29, 0.717) is 5.16 Å². The van der Waals surface area contributed by atoms with Gasteiger partial charge in [0.2, 0.25) is 0 Å². The van der Waals surface area contributed by atoms with E-state index in [2.05, 4.69) is 9.97 Å². The number of halogens is 1. The van der Waals surface area contributed by atoms with Crippen molar-refractivity contribution in [2.24, 2.45) is 0 Å². The Morgan fingerprint density at radius 2 is 2.17 bits per heavy atom. The summed E-state index contributed by atoms with van der Waals surface area (Å²) in [4.78, 5) is 19.4. The molecule has 2 aromatic rings. The van der Waals surface area contributed by atoms with Crippen molar-refractivity contribution in [2.45, 2.75) is 17.0 Å². The highest BCUT2D eigenvalue weighted by molar-refractivity contribution is 7.99. The van der Waals surface area contributed by atoms with Gasteiger partial charge in [-0.1, -0.05) is 6.07 Å². The number of rotatable bonds is 3. The maximum absolute atomic E-state index is 13.4. The van der Waals surface area contributed by atoms with Crippen LogP contribution in [0.1, 0.15) is 16.1 Å². The van der Waals surface area contributed by atoms with Gasteiger partial charge in [0.1, 0.15) is 11.4 Å². The standard InChI is InChI=1S/C12H9FN2O2S/c1-7-5-6-14-12(15-7)18-9-4-2-3-8(13)10(9)11(16)17/h2-6H,1H3,(H,16,17). The van der Waals surface area contributed by atoms with Crippen LogP contribution in [0.3, 0.4) is 0 Å². The number of hydrogen-bond acceptors (Lipinski definition) is 4. The summed E-state index contributed by atoms with van der Waals surface area (Å²) >= 11 is 1.03. The van der Waals surface area contributed by atoms with Gasteiger partial charge in [-0.15, -0.1) is 0 Å². The molecule has 0 aliphatic rings. The first-order valence-corrected chi connectivity index (χ1v) is 5.89. The number of carboxylic acids is 1. The van der Waals surface area contributed by atoms with Crippen LogP contribution in [0.25, 0.3) is 0 Å². The molecule has 1 N–H and O–H groups in total. The molecule has 92 valence electrons. The average molecular weight is 264 g/mol. The van der Waals surface area contributed by atoms with Gasteiger partial charge in [0, 0.05) is 16.8 Å². The molecule has 0 aliphatic carbocycles. The van der Waals surface area contributed by atoms with E-state index >= 15 is 0 Å². The molecule has 18 heavy (non-hydrogen) atoms. The van der Waals surface area contributed by atoms with Crippen molar-refractivity contribution in [3.05, 3.63) is 47.5 Å². The predicted octanol–water partition coefficient (Wildman–Crippen LogP) is 2.77. The van der Waals surface area contributed by atoms with Gasteiger partial charge in [-0.25, -0.2) is 19.2 Å². The molecule has 0 saturated heterocycles. The second-order valence-corrected chi connectivity index (χ2v) is 4.51. The highest BCUT2D eigenvalue weighted by Crippen LogP contribution is 2.29. The molecule has 6 heteroatoms. The lowest BCUT2D eigenvalue weighted by molar-refractivity contribution is 0.0688. The first-order chi connectivity index (χ1) is 8.58. The maximum Gasteiger partial charge on any atom is 0.339 e. The quantitative estimate of drug-likeness (QED) is 0.864. The predicted molar refractivity (Wildman–Crippen MR) is 64.3 cm³/mol. The van der Waals surface area contributed by atoms with Crippen LogP contribution in [0.2, 0.25) is 0 Å². The first-order valence-electron chi connectivity index (χ1n) is 5.07. The van der Waals surface area contributed by atoms with Gasteiger partial charge in [-0.05, 0) is 36.9 Å². The SMILES string of the molecule is Cc1ccnc(Sc2cccc(F)c2C(=O)O)n1. The average Bonchev–Trinajstić information content (AvgIpc) is 2.28. The summed E-state index contributed by atoms with van der Waals surface area (Å²) in [6.07, 6.45) is 1.57. The van der Waals surface area contributed by atoms with Crippen LogP contribution in [-0.4, -0.2) is 21.0 Å². The molecule has 0 radical (unpaired) electrons. The van der Waals surface area contributed by atoms with E-state index in [1.807, 2.05) is 0 Å². The van der Waals surface area contributed by atoms with E-state index in [0.717, 1.165) is 23.5 Å². The summed E-state index contributed by atoms with van der Waals surface area (Å²) < 4.78 is 13.4. The summed E-state index contributed by atoms with van der Waals surface area (Å²) in [5, 5.41) is 9.38. The molecular formula is C12H9FN2O2S. The fourth-order valence-electron chi connectivity index (χ4n) is 1.37. The van der Waals surface area contributed by atoms with Crippen molar-refractivity contribution >= 4 is 17.7 Å². The molecule has 0 bridgehead atoms. The van der Waals surface area contributed by atoms with E-state index < -0.39 is 11.8 Å². The topological polar surface area (TPSA) is 63.1 Å². The van der Waals surface area contributed by atoms with Gasteiger partial charge in [-0.3, -0.25) is 0 Å². The van der Waals surface area contributed by atoms with Crippen molar-refractivity contribution in [3.8, 4) is 0 Å². The fraction of sp³-hybridized carbons (Fsp3) is 0.0833. The Kier molecular flexibility index (Phi) is 3.57. The van der Waals surface area contributed by atoms with Crippen LogP contribution >= 0.6 is 11.8 Å². The molecular weight excluding hydrogens is 255 g/mol. The highest BCUT2D eigenvalue weighted by Gasteiger charge is 2.17. The van der Waals surface area contributed by atoms with E-state index in [1.165, 1.54) is 12.1 Å². The van der Waals surface area contributed by atoms with Crippen molar-refractivity contribution < 1.29 is 14.3 Å². The van der Waals surface area contributed by atoms with Crippen LogP contribution in [0, 0.1) is 12.7 Å². The minimum Gasteiger partial charge on any atom is -0.478 e. The minimum atomic E-state index is -1.30. The van der Waals surface area contributed by atoms with Crippen molar-refractivity contribution in [1.29, 1.82) is 0 Å². The zero-order chi connectivity index (χ0) is 13.1. The lowest BCUT2D eigenvalue weighted by atomic mass is 10.2. The van der Waals surface area contributed by atoms with Crippen LogP contribution in [-0.2, 0) is 0 Å². The Balaban J connectivity index is 2.40. The Labute approximate surface area is 107 Å². The number of benzene rings is 1. The van der Waals surface area contributed by atoms with Crippen molar-refractivity contribution in [1.82, 2.24) is 9.97 Å². The monoisotopic (exact) mass is 264 g/mol. The largest absolute Gasteiger partial charge is 0.478 e. The first kappa shape index (κ1) is 12.5. The van der Waals surface area contributed by atoms with E-state index in [4.69, 9.17) is 5.11 Å². The molecule has 1 aromatic carbocycles. The van der Waals surface area contributed by atoms with Crippen LogP contribution in [0.15, 0.2) is 40.5 Å². The smallest absolute Gasteiger partial charge is 0.339 e. The maximum atomic E-state index is 13.4. The molecule has 0 aliphatic heterocycles. The van der Waals surface area contributed by atoms with Gasteiger partial charge in [0.15, 0.2) is 5.16 Å². The van der Waals surface area contributed by atoms with Gasteiger partial charge < -0.3 is 5.11 Å². The summed E-state index contributed by atoms with van der Waals surface area (Å²) in [7, 11) is 0. The second-order valence-electron chi connectivity index (χ2n) is 3.50. The molecule has 0 amide bonds. The summed E-state index contributed by atoms with van der Waals surface area (Å²) in [5.74, 6) is -2.07. The summed E-state index contributed by atoms with van der Waals surface area (Å²) in [6.45, 7) is 1.80. The number of hydrogen-bond donors (Lipinski definition) is 1. The number of aromatic carboxylic acids is 1. The zero-order valence-electron chi connectivity index (χ0n) is 9.42. The summed E-state index contributed by atoms with van der Waals surface area (Å²) in [6, 6.07) is 5.83. The molecule has 1 heterocycles. The number of carbonyl (C=O) groups is 1.